The van der Waals surface area contributed by atoms with Crippen molar-refractivity contribution in [1.82, 2.24) is 9.97 Å². The number of ether oxygens (including phenoxy) is 2. The number of hydrogen-bond acceptors (Lipinski definition) is 7. The third-order valence-corrected chi connectivity index (χ3v) is 4.84. The van der Waals surface area contributed by atoms with Gasteiger partial charge in [-0.2, -0.15) is 4.98 Å². The number of nitrogens with one attached hydrogen (secondary N) is 1. The fraction of sp³-hybridized carbons (Fsp3) is 0.500. The van der Waals surface area contributed by atoms with Crippen LogP contribution in [0.1, 0.15) is 26.2 Å². The molecule has 0 saturated carbocycles. The maximum atomic E-state index is 12.1. The second kappa shape index (κ2) is 5.93. The molecule has 3 rings (SSSR count). The summed E-state index contributed by atoms with van der Waals surface area (Å²) in [4.78, 5) is 20.5. The third-order valence-electron chi connectivity index (χ3n) is 3.55. The number of nitrogens with zero attached hydrogens (tertiary/aromatic N) is 2. The maximum Gasteiger partial charge on any atom is 0.335 e. The van der Waals surface area contributed by atoms with Gasteiger partial charge in [0, 0.05) is 5.70 Å². The number of carbonyl (C=O) groups is 1. The first-order valence-corrected chi connectivity index (χ1v) is 7.85. The first-order chi connectivity index (χ1) is 10.2. The molecule has 0 spiro atoms. The number of methoxy groups -OCH3 is 1. The van der Waals surface area contributed by atoms with E-state index in [0.29, 0.717) is 12.5 Å². The van der Waals surface area contributed by atoms with E-state index in [9.17, 15) is 4.79 Å². The van der Waals surface area contributed by atoms with Crippen LogP contribution in [0, 0.1) is 0 Å². The lowest BCUT2D eigenvalue weighted by Gasteiger charge is -2.32. The van der Waals surface area contributed by atoms with E-state index in [0.717, 1.165) is 41.2 Å². The molecule has 2 heterocycles. The molecule has 2 aliphatic rings. The molecule has 1 aliphatic heterocycles. The second-order valence-corrected chi connectivity index (χ2v) is 5.99. The number of thioether (sulfide) groups is 1. The van der Waals surface area contributed by atoms with Crippen molar-refractivity contribution in [2.75, 3.05) is 19.0 Å². The zero-order valence-corrected chi connectivity index (χ0v) is 12.8. The molecule has 1 aromatic heterocycles. The van der Waals surface area contributed by atoms with E-state index in [1.165, 1.54) is 6.33 Å². The molecule has 6 nitrogen and oxygen atoms in total. The number of aromatic nitrogens is 2. The predicted molar refractivity (Wildman–Crippen MR) is 79.4 cm³/mol. The Kier molecular flexibility index (Phi) is 4.01. The Morgan fingerprint density at radius 2 is 2.38 bits per heavy atom. The Morgan fingerprint density at radius 1 is 1.52 bits per heavy atom. The van der Waals surface area contributed by atoms with E-state index >= 15 is 0 Å². The zero-order valence-electron chi connectivity index (χ0n) is 12.0. The zero-order chi connectivity index (χ0) is 14.8. The molecule has 0 aromatic carbocycles. The van der Waals surface area contributed by atoms with Gasteiger partial charge in [0.15, 0.2) is 0 Å². The van der Waals surface area contributed by atoms with Crippen LogP contribution in [-0.2, 0) is 9.53 Å². The standard InChI is InChI=1S/C14H17N3O3S/c1-3-20-14(18)8-5-4-6-9-10(8)17-11-12(19-2)15-7-16-13(11)21-9/h7,9,17H,3-6H2,1-2H3. The van der Waals surface area contributed by atoms with E-state index in [4.69, 9.17) is 9.47 Å². The molecule has 0 fully saturated rings. The molecule has 1 atom stereocenters. The SMILES string of the molecule is CCOC(=O)C1=C2Nc3c(OC)ncnc3SC2CCC1. The van der Waals surface area contributed by atoms with Crippen molar-refractivity contribution < 1.29 is 14.3 Å². The molecule has 7 heteroatoms. The molecule has 1 unspecified atom stereocenters. The minimum absolute atomic E-state index is 0.213. The van der Waals surface area contributed by atoms with Crippen LogP contribution in [0.25, 0.3) is 0 Å². The average molecular weight is 307 g/mol. The highest BCUT2D eigenvalue weighted by atomic mass is 32.2. The molecule has 0 saturated heterocycles. The molecule has 112 valence electrons. The summed E-state index contributed by atoms with van der Waals surface area (Å²) in [5.74, 6) is 0.261. The number of hydrogen-bond donors (Lipinski definition) is 1. The van der Waals surface area contributed by atoms with Gasteiger partial charge in [-0.3, -0.25) is 0 Å². The molecule has 0 amide bonds. The summed E-state index contributed by atoms with van der Waals surface area (Å²) in [6.07, 6.45) is 4.23. The van der Waals surface area contributed by atoms with Crippen molar-refractivity contribution in [3.8, 4) is 5.88 Å². The highest BCUT2D eigenvalue weighted by molar-refractivity contribution is 8.00. The lowest BCUT2D eigenvalue weighted by molar-refractivity contribution is -0.138. The fourth-order valence-corrected chi connectivity index (χ4v) is 3.85. The van der Waals surface area contributed by atoms with Crippen LogP contribution >= 0.6 is 11.8 Å². The van der Waals surface area contributed by atoms with Crippen molar-refractivity contribution in [1.29, 1.82) is 0 Å². The van der Waals surface area contributed by atoms with Gasteiger partial charge >= 0.3 is 5.97 Å². The Morgan fingerprint density at radius 3 is 3.14 bits per heavy atom. The summed E-state index contributed by atoms with van der Waals surface area (Å²) < 4.78 is 10.4. The van der Waals surface area contributed by atoms with Crippen molar-refractivity contribution in [3.63, 3.8) is 0 Å². The Labute approximate surface area is 127 Å². The van der Waals surface area contributed by atoms with E-state index in [-0.39, 0.29) is 11.2 Å². The van der Waals surface area contributed by atoms with E-state index in [2.05, 4.69) is 15.3 Å². The van der Waals surface area contributed by atoms with Gasteiger partial charge in [-0.25, -0.2) is 9.78 Å². The van der Waals surface area contributed by atoms with E-state index < -0.39 is 0 Å². The van der Waals surface area contributed by atoms with Gasteiger partial charge in [0.05, 0.1) is 24.5 Å². The first kappa shape index (κ1) is 14.2. The summed E-state index contributed by atoms with van der Waals surface area (Å²) in [6.45, 7) is 2.20. The van der Waals surface area contributed by atoms with Crippen molar-refractivity contribution in [3.05, 3.63) is 17.6 Å². The Hall–Kier alpha value is -1.76. The topological polar surface area (TPSA) is 73.3 Å². The number of rotatable bonds is 3. The summed E-state index contributed by atoms with van der Waals surface area (Å²) in [5, 5.41) is 4.39. The van der Waals surface area contributed by atoms with Crippen LogP contribution < -0.4 is 10.1 Å². The monoisotopic (exact) mass is 307 g/mol. The van der Waals surface area contributed by atoms with Gasteiger partial charge in [-0.1, -0.05) is 11.8 Å². The van der Waals surface area contributed by atoms with Crippen molar-refractivity contribution >= 4 is 23.4 Å². The minimum Gasteiger partial charge on any atom is -0.479 e. The summed E-state index contributed by atoms with van der Waals surface area (Å²) in [5.41, 5.74) is 2.39. The predicted octanol–water partition coefficient (Wildman–Crippen LogP) is 2.37. The number of esters is 1. The van der Waals surface area contributed by atoms with E-state index in [1.54, 1.807) is 18.9 Å². The highest BCUT2D eigenvalue weighted by Gasteiger charge is 2.34. The maximum absolute atomic E-state index is 12.1. The quantitative estimate of drug-likeness (QED) is 0.679. The van der Waals surface area contributed by atoms with Gasteiger partial charge in [0.1, 0.15) is 17.0 Å². The van der Waals surface area contributed by atoms with E-state index in [1.807, 2.05) is 6.92 Å². The summed E-state index contributed by atoms with van der Waals surface area (Å²) in [6, 6.07) is 0. The fourth-order valence-electron chi connectivity index (χ4n) is 2.62. The van der Waals surface area contributed by atoms with Crippen LogP contribution in [0.4, 0.5) is 5.69 Å². The summed E-state index contributed by atoms with van der Waals surface area (Å²) >= 11 is 1.65. The molecule has 21 heavy (non-hydrogen) atoms. The molecule has 1 N–H and O–H groups in total. The first-order valence-electron chi connectivity index (χ1n) is 6.97. The lowest BCUT2D eigenvalue weighted by atomic mass is 9.95. The minimum atomic E-state index is -0.232. The normalized spacial score (nSPS) is 20.2. The van der Waals surface area contributed by atoms with Crippen molar-refractivity contribution in [2.45, 2.75) is 36.5 Å². The molecular weight excluding hydrogens is 290 g/mol. The van der Waals surface area contributed by atoms with Gasteiger partial charge < -0.3 is 14.8 Å². The number of anilines is 1. The van der Waals surface area contributed by atoms with Crippen LogP contribution in [0.2, 0.25) is 0 Å². The lowest BCUT2D eigenvalue weighted by Crippen LogP contribution is -2.28. The number of fused-ring (bicyclic) bond motifs is 2. The van der Waals surface area contributed by atoms with Gasteiger partial charge in [0.2, 0.25) is 5.88 Å². The third kappa shape index (κ3) is 2.57. The second-order valence-electron chi connectivity index (χ2n) is 4.80. The van der Waals surface area contributed by atoms with Crippen LogP contribution in [0.5, 0.6) is 5.88 Å². The molecule has 1 aromatic rings. The van der Waals surface area contributed by atoms with Gasteiger partial charge in [-0.15, -0.1) is 0 Å². The Balaban J connectivity index is 2.01. The van der Waals surface area contributed by atoms with Crippen molar-refractivity contribution in [2.24, 2.45) is 0 Å². The highest BCUT2D eigenvalue weighted by Crippen LogP contribution is 2.46. The smallest absolute Gasteiger partial charge is 0.335 e. The summed E-state index contributed by atoms with van der Waals surface area (Å²) in [7, 11) is 1.57. The average Bonchev–Trinajstić information content (AvgIpc) is 2.51. The van der Waals surface area contributed by atoms with Crippen LogP contribution in [0.15, 0.2) is 22.6 Å². The van der Waals surface area contributed by atoms with Crippen LogP contribution in [0.3, 0.4) is 0 Å². The Bertz CT molecular complexity index is 603. The molecule has 0 bridgehead atoms. The molecule has 1 aliphatic carbocycles. The van der Waals surface area contributed by atoms with Crippen LogP contribution in [-0.4, -0.2) is 34.9 Å². The largest absolute Gasteiger partial charge is 0.479 e. The molecular formula is C14H17N3O3S. The van der Waals surface area contributed by atoms with Gasteiger partial charge in [-0.05, 0) is 26.2 Å². The van der Waals surface area contributed by atoms with Gasteiger partial charge in [0.25, 0.3) is 0 Å². The molecule has 0 radical (unpaired) electrons. The number of carbonyl (C=O) groups excluding carboxylic acids is 1.